The maximum Gasteiger partial charge on any atom is 0.337 e. The molecular formula is C15H17NO2. The Kier molecular flexibility index (Phi) is 5.45. The molecule has 0 bridgehead atoms. The zero-order valence-electron chi connectivity index (χ0n) is 10.6. The quantitative estimate of drug-likeness (QED) is 0.618. The lowest BCUT2D eigenvalue weighted by Gasteiger charge is -1.98. The van der Waals surface area contributed by atoms with Crippen molar-refractivity contribution in [3.63, 3.8) is 0 Å². The van der Waals surface area contributed by atoms with Crippen LogP contribution in [-0.4, -0.2) is 13.1 Å². The molecule has 0 saturated carbocycles. The molecule has 18 heavy (non-hydrogen) atoms. The van der Waals surface area contributed by atoms with Crippen LogP contribution >= 0.6 is 0 Å². The SMILES string of the molecule is COC(=O)c1cccc(N)c1.Cc1ccccc1. The highest BCUT2D eigenvalue weighted by Gasteiger charge is 2.02. The van der Waals surface area contributed by atoms with E-state index in [1.54, 1.807) is 24.3 Å². The van der Waals surface area contributed by atoms with Gasteiger partial charge in [0.05, 0.1) is 12.7 Å². The molecule has 0 aromatic heterocycles. The van der Waals surface area contributed by atoms with E-state index in [1.807, 2.05) is 18.2 Å². The van der Waals surface area contributed by atoms with Crippen LogP contribution in [0.2, 0.25) is 0 Å². The summed E-state index contributed by atoms with van der Waals surface area (Å²) in [6.45, 7) is 2.08. The summed E-state index contributed by atoms with van der Waals surface area (Å²) in [5, 5.41) is 0. The zero-order valence-corrected chi connectivity index (χ0v) is 10.6. The van der Waals surface area contributed by atoms with E-state index >= 15 is 0 Å². The maximum atomic E-state index is 10.9. The third-order valence-corrected chi connectivity index (χ3v) is 2.25. The minimum atomic E-state index is -0.364. The molecule has 0 aliphatic rings. The van der Waals surface area contributed by atoms with E-state index in [9.17, 15) is 4.79 Å². The number of rotatable bonds is 1. The van der Waals surface area contributed by atoms with Crippen LogP contribution in [0, 0.1) is 6.92 Å². The van der Waals surface area contributed by atoms with Gasteiger partial charge in [-0.2, -0.15) is 0 Å². The Morgan fingerprint density at radius 2 is 1.72 bits per heavy atom. The lowest BCUT2D eigenvalue weighted by atomic mass is 10.2. The van der Waals surface area contributed by atoms with Gasteiger partial charge in [0.25, 0.3) is 0 Å². The van der Waals surface area contributed by atoms with Gasteiger partial charge in [0.2, 0.25) is 0 Å². The van der Waals surface area contributed by atoms with Crippen LogP contribution in [0.3, 0.4) is 0 Å². The van der Waals surface area contributed by atoms with Crippen LogP contribution in [-0.2, 0) is 4.74 Å². The molecule has 0 radical (unpaired) electrons. The highest BCUT2D eigenvalue weighted by molar-refractivity contribution is 5.90. The molecule has 0 aliphatic heterocycles. The van der Waals surface area contributed by atoms with E-state index in [0.29, 0.717) is 11.3 Å². The molecule has 0 unspecified atom stereocenters. The molecule has 0 aliphatic carbocycles. The first-order valence-corrected chi connectivity index (χ1v) is 5.59. The van der Waals surface area contributed by atoms with Crippen molar-refractivity contribution in [3.05, 3.63) is 65.7 Å². The van der Waals surface area contributed by atoms with Gasteiger partial charge in [-0.3, -0.25) is 0 Å². The van der Waals surface area contributed by atoms with Crippen LogP contribution in [0.1, 0.15) is 15.9 Å². The lowest BCUT2D eigenvalue weighted by molar-refractivity contribution is 0.0601. The minimum absolute atomic E-state index is 0.364. The van der Waals surface area contributed by atoms with Gasteiger partial charge in [-0.25, -0.2) is 4.79 Å². The fraction of sp³-hybridized carbons (Fsp3) is 0.133. The molecular weight excluding hydrogens is 226 g/mol. The van der Waals surface area contributed by atoms with Gasteiger partial charge in [0, 0.05) is 5.69 Å². The summed E-state index contributed by atoms with van der Waals surface area (Å²) < 4.78 is 4.50. The number of carbonyl (C=O) groups excluding carboxylic acids is 1. The number of nitrogens with two attached hydrogens (primary N) is 1. The van der Waals surface area contributed by atoms with Crippen molar-refractivity contribution in [2.45, 2.75) is 6.92 Å². The standard InChI is InChI=1S/C8H9NO2.C7H8/c1-11-8(10)6-3-2-4-7(9)5-6;1-7-5-3-2-4-6-7/h2-5H,9H2,1H3;2-6H,1H3. The molecule has 3 nitrogen and oxygen atoms in total. The fourth-order valence-corrected chi connectivity index (χ4v) is 1.32. The maximum absolute atomic E-state index is 10.9. The summed E-state index contributed by atoms with van der Waals surface area (Å²) in [6.07, 6.45) is 0. The van der Waals surface area contributed by atoms with Gasteiger partial charge < -0.3 is 10.5 Å². The number of anilines is 1. The molecule has 2 N–H and O–H groups in total. The minimum Gasteiger partial charge on any atom is -0.465 e. The highest BCUT2D eigenvalue weighted by atomic mass is 16.5. The Hall–Kier alpha value is -2.29. The number of benzene rings is 2. The largest absolute Gasteiger partial charge is 0.465 e. The number of carbonyl (C=O) groups is 1. The van der Waals surface area contributed by atoms with Gasteiger partial charge in [-0.1, -0.05) is 42.0 Å². The Bertz CT molecular complexity index is 495. The summed E-state index contributed by atoms with van der Waals surface area (Å²) >= 11 is 0. The van der Waals surface area contributed by atoms with Crippen molar-refractivity contribution in [2.75, 3.05) is 12.8 Å². The zero-order chi connectivity index (χ0) is 13.4. The Morgan fingerprint density at radius 1 is 1.06 bits per heavy atom. The van der Waals surface area contributed by atoms with E-state index in [-0.39, 0.29) is 5.97 Å². The highest BCUT2D eigenvalue weighted by Crippen LogP contribution is 2.06. The Balaban J connectivity index is 0.000000199. The van der Waals surface area contributed by atoms with Crippen molar-refractivity contribution < 1.29 is 9.53 Å². The predicted molar refractivity (Wildman–Crippen MR) is 73.4 cm³/mol. The first kappa shape index (κ1) is 13.8. The molecule has 0 spiro atoms. The summed E-state index contributed by atoms with van der Waals surface area (Å²) in [7, 11) is 1.34. The first-order valence-electron chi connectivity index (χ1n) is 5.59. The monoisotopic (exact) mass is 243 g/mol. The van der Waals surface area contributed by atoms with Crippen molar-refractivity contribution in [1.29, 1.82) is 0 Å². The van der Waals surface area contributed by atoms with Gasteiger partial charge in [-0.05, 0) is 25.1 Å². The number of aryl methyl sites for hydroxylation is 1. The van der Waals surface area contributed by atoms with Crippen molar-refractivity contribution in [1.82, 2.24) is 0 Å². The van der Waals surface area contributed by atoms with Crippen LogP contribution in [0.25, 0.3) is 0 Å². The molecule has 0 fully saturated rings. The van der Waals surface area contributed by atoms with Gasteiger partial charge in [-0.15, -0.1) is 0 Å². The second kappa shape index (κ2) is 7.12. The third-order valence-electron chi connectivity index (χ3n) is 2.25. The second-order valence-corrected chi connectivity index (χ2v) is 3.77. The average molecular weight is 243 g/mol. The average Bonchev–Trinajstić information content (AvgIpc) is 2.39. The van der Waals surface area contributed by atoms with Crippen LogP contribution in [0.5, 0.6) is 0 Å². The summed E-state index contributed by atoms with van der Waals surface area (Å²) in [5.74, 6) is -0.364. The van der Waals surface area contributed by atoms with Crippen LogP contribution in [0.4, 0.5) is 5.69 Å². The molecule has 0 saturated heterocycles. The first-order chi connectivity index (χ1) is 8.63. The van der Waals surface area contributed by atoms with Crippen molar-refractivity contribution >= 4 is 11.7 Å². The molecule has 0 amide bonds. The van der Waals surface area contributed by atoms with Gasteiger partial charge in [0.1, 0.15) is 0 Å². The van der Waals surface area contributed by atoms with Crippen molar-refractivity contribution in [3.8, 4) is 0 Å². The van der Waals surface area contributed by atoms with E-state index in [0.717, 1.165) is 0 Å². The third kappa shape index (κ3) is 4.70. The number of nitrogen functional groups attached to an aromatic ring is 1. The second-order valence-electron chi connectivity index (χ2n) is 3.77. The smallest absolute Gasteiger partial charge is 0.337 e. The lowest BCUT2D eigenvalue weighted by Crippen LogP contribution is -2.01. The van der Waals surface area contributed by atoms with E-state index in [4.69, 9.17) is 5.73 Å². The van der Waals surface area contributed by atoms with E-state index < -0.39 is 0 Å². The Morgan fingerprint density at radius 3 is 2.17 bits per heavy atom. The summed E-state index contributed by atoms with van der Waals surface area (Å²) in [4.78, 5) is 10.9. The van der Waals surface area contributed by atoms with E-state index in [2.05, 4.69) is 23.8 Å². The number of hydrogen-bond donors (Lipinski definition) is 1. The molecule has 0 heterocycles. The molecule has 2 aromatic carbocycles. The molecule has 3 heteroatoms. The predicted octanol–water partition coefficient (Wildman–Crippen LogP) is 3.05. The number of methoxy groups -OCH3 is 1. The fourth-order valence-electron chi connectivity index (χ4n) is 1.32. The molecule has 2 rings (SSSR count). The number of esters is 1. The number of ether oxygens (including phenoxy) is 1. The van der Waals surface area contributed by atoms with Gasteiger partial charge >= 0.3 is 5.97 Å². The Labute approximate surface area is 107 Å². The van der Waals surface area contributed by atoms with E-state index in [1.165, 1.54) is 12.7 Å². The summed E-state index contributed by atoms with van der Waals surface area (Å²) in [6, 6.07) is 16.9. The molecule has 0 atom stereocenters. The van der Waals surface area contributed by atoms with Gasteiger partial charge in [0.15, 0.2) is 0 Å². The van der Waals surface area contributed by atoms with Crippen LogP contribution in [0.15, 0.2) is 54.6 Å². The molecule has 94 valence electrons. The molecule has 2 aromatic rings. The normalized spacial score (nSPS) is 9.00. The van der Waals surface area contributed by atoms with Crippen molar-refractivity contribution in [2.24, 2.45) is 0 Å². The topological polar surface area (TPSA) is 52.3 Å². The number of hydrogen-bond acceptors (Lipinski definition) is 3. The van der Waals surface area contributed by atoms with Crippen LogP contribution < -0.4 is 5.73 Å². The summed E-state index contributed by atoms with van der Waals surface area (Å²) in [5.41, 5.74) is 7.81.